The van der Waals surface area contributed by atoms with Crippen LogP contribution in [-0.2, 0) is 5.11 Å². The number of likely N-dealkylation sites (N-methyl/N-ethyl adjacent to an activating group) is 1. The predicted octanol–water partition coefficient (Wildman–Crippen LogP) is 2.74. The summed E-state index contributed by atoms with van der Waals surface area (Å²) in [6, 6.07) is 4.24. The first-order chi connectivity index (χ1) is 9.19. The zero-order valence-corrected chi connectivity index (χ0v) is 11.3. The van der Waals surface area contributed by atoms with E-state index in [4.69, 9.17) is 4.74 Å². The van der Waals surface area contributed by atoms with E-state index in [1.807, 2.05) is 26.0 Å². The van der Waals surface area contributed by atoms with Crippen molar-refractivity contribution in [2.24, 2.45) is 0 Å². The van der Waals surface area contributed by atoms with Gasteiger partial charge in [0.1, 0.15) is 24.3 Å². The number of rotatable bonds is 5. The number of fused-ring (bicyclic) bond motifs is 1. The van der Waals surface area contributed by atoms with Gasteiger partial charge in [-0.05, 0) is 37.4 Å². The molecule has 3 nitrogen and oxygen atoms in total. The van der Waals surface area contributed by atoms with Crippen molar-refractivity contribution in [3.05, 3.63) is 35.7 Å². The van der Waals surface area contributed by atoms with Crippen molar-refractivity contribution in [2.45, 2.75) is 26.0 Å². The number of ether oxygens (including phenoxy) is 1. The molecule has 2 atom stereocenters. The first kappa shape index (κ1) is 14.0. The van der Waals surface area contributed by atoms with Crippen LogP contribution in [0.4, 0.5) is 4.39 Å². The van der Waals surface area contributed by atoms with E-state index in [0.29, 0.717) is 5.75 Å². The van der Waals surface area contributed by atoms with Gasteiger partial charge < -0.3 is 4.74 Å². The van der Waals surface area contributed by atoms with Crippen LogP contribution in [0, 0.1) is 5.82 Å². The molecule has 1 aromatic carbocycles. The third-order valence-corrected chi connectivity index (χ3v) is 3.53. The van der Waals surface area contributed by atoms with E-state index >= 15 is 0 Å². The fourth-order valence-corrected chi connectivity index (χ4v) is 2.45. The Balaban J connectivity index is 2.19. The van der Waals surface area contributed by atoms with Crippen LogP contribution >= 0.6 is 0 Å². The monoisotopic (exact) mass is 264 g/mol. The van der Waals surface area contributed by atoms with Crippen LogP contribution in [-0.4, -0.2) is 36.7 Å². The van der Waals surface area contributed by atoms with Crippen molar-refractivity contribution in [1.82, 2.24) is 4.90 Å². The summed E-state index contributed by atoms with van der Waals surface area (Å²) in [5.41, 5.74) is 0.723. The van der Waals surface area contributed by atoms with E-state index in [-0.39, 0.29) is 24.6 Å². The lowest BCUT2D eigenvalue weighted by molar-refractivity contribution is 0.0303. The summed E-state index contributed by atoms with van der Waals surface area (Å²) in [5.74, 6) is 0.356. The van der Waals surface area contributed by atoms with Crippen LogP contribution < -0.4 is 4.74 Å². The highest BCUT2D eigenvalue weighted by Gasteiger charge is 2.28. The molecule has 0 saturated heterocycles. The first-order valence-corrected chi connectivity index (χ1v) is 6.66. The molecule has 0 N–H and O–H groups in total. The highest BCUT2D eigenvalue weighted by atomic mass is 19.1. The molecule has 4 heteroatoms. The van der Waals surface area contributed by atoms with Gasteiger partial charge in [0.25, 0.3) is 0 Å². The maximum atomic E-state index is 13.1. The van der Waals surface area contributed by atoms with E-state index in [9.17, 15) is 9.50 Å². The van der Waals surface area contributed by atoms with Gasteiger partial charge in [0.15, 0.2) is 0 Å². The molecular weight excluding hydrogens is 245 g/mol. The molecule has 0 aromatic heterocycles. The van der Waals surface area contributed by atoms with Crippen molar-refractivity contribution >= 4 is 6.08 Å². The Bertz CT molecular complexity index is 457. The Kier molecular flexibility index (Phi) is 4.56. The molecule has 2 rings (SSSR count). The second-order valence-electron chi connectivity index (χ2n) is 4.58. The predicted molar refractivity (Wildman–Crippen MR) is 72.1 cm³/mol. The minimum Gasteiger partial charge on any atom is -0.484 e. The van der Waals surface area contributed by atoms with Gasteiger partial charge in [-0.3, -0.25) is 4.90 Å². The lowest BCUT2D eigenvalue weighted by Crippen LogP contribution is -2.47. The van der Waals surface area contributed by atoms with E-state index in [0.717, 1.165) is 18.7 Å². The molecule has 103 valence electrons. The van der Waals surface area contributed by atoms with Gasteiger partial charge in [-0.2, -0.15) is 0 Å². The molecule has 19 heavy (non-hydrogen) atoms. The second-order valence-corrected chi connectivity index (χ2v) is 4.58. The Morgan fingerprint density at radius 2 is 2.11 bits per heavy atom. The molecule has 1 aliphatic rings. The molecule has 0 amide bonds. The summed E-state index contributed by atoms with van der Waals surface area (Å²) in [6.07, 6.45) is 3.41. The van der Waals surface area contributed by atoms with Crippen LogP contribution in [0.3, 0.4) is 0 Å². The lowest BCUT2D eigenvalue weighted by Gasteiger charge is -2.34. The molecule has 0 saturated carbocycles. The second kappa shape index (κ2) is 6.17. The molecule has 1 radical (unpaired) electrons. The highest BCUT2D eigenvalue weighted by molar-refractivity contribution is 5.60. The van der Waals surface area contributed by atoms with Gasteiger partial charge in [0.2, 0.25) is 0 Å². The molecule has 0 bridgehead atoms. The SMILES string of the molecule is CCN(CC)[C@@H](C[O])C1C=Cc2cc(F)ccc2O1. The van der Waals surface area contributed by atoms with Gasteiger partial charge >= 0.3 is 0 Å². The van der Waals surface area contributed by atoms with Gasteiger partial charge in [-0.15, -0.1) is 0 Å². The number of nitrogens with zero attached hydrogens (tertiary/aromatic N) is 1. The topological polar surface area (TPSA) is 32.4 Å². The average molecular weight is 264 g/mol. The van der Waals surface area contributed by atoms with Crippen LogP contribution in [0.1, 0.15) is 19.4 Å². The summed E-state index contributed by atoms with van der Waals surface area (Å²) < 4.78 is 18.9. The molecule has 0 fully saturated rings. The van der Waals surface area contributed by atoms with Crippen LogP contribution in [0.5, 0.6) is 5.75 Å². The molecular formula is C15H19FNO2. The summed E-state index contributed by atoms with van der Waals surface area (Å²) >= 11 is 0. The quantitative estimate of drug-likeness (QED) is 0.819. The van der Waals surface area contributed by atoms with E-state index in [1.165, 1.54) is 12.1 Å². The smallest absolute Gasteiger partial charge is 0.135 e. The van der Waals surface area contributed by atoms with Gasteiger partial charge in [0.05, 0.1) is 6.04 Å². The third-order valence-electron chi connectivity index (χ3n) is 3.53. The summed E-state index contributed by atoms with van der Waals surface area (Å²) in [4.78, 5) is 2.09. The number of hydrogen-bond acceptors (Lipinski definition) is 2. The van der Waals surface area contributed by atoms with Crippen molar-refractivity contribution < 1.29 is 14.2 Å². The van der Waals surface area contributed by atoms with E-state index < -0.39 is 0 Å². The van der Waals surface area contributed by atoms with Gasteiger partial charge in [0, 0.05) is 5.56 Å². The number of hydrogen-bond donors (Lipinski definition) is 0. The summed E-state index contributed by atoms with van der Waals surface area (Å²) in [5, 5.41) is 11.4. The zero-order chi connectivity index (χ0) is 13.8. The minimum atomic E-state index is -0.283. The van der Waals surface area contributed by atoms with Crippen molar-refractivity contribution in [3.8, 4) is 5.75 Å². The van der Waals surface area contributed by atoms with E-state index in [2.05, 4.69) is 4.90 Å². The maximum absolute atomic E-state index is 13.1. The van der Waals surface area contributed by atoms with Crippen LogP contribution in [0.25, 0.3) is 6.08 Å². The zero-order valence-electron chi connectivity index (χ0n) is 11.3. The minimum absolute atomic E-state index is 0.190. The fourth-order valence-electron chi connectivity index (χ4n) is 2.45. The van der Waals surface area contributed by atoms with E-state index in [1.54, 1.807) is 6.07 Å². The Morgan fingerprint density at radius 1 is 1.37 bits per heavy atom. The Hall–Kier alpha value is -1.39. The standard InChI is InChI=1S/C15H19FNO2/c1-3-17(4-2)13(10-18)15-7-5-11-9-12(16)6-8-14(11)19-15/h5-9,13,15H,3-4,10H2,1-2H3/t13-,15?/m0/s1. The first-order valence-electron chi connectivity index (χ1n) is 6.66. The van der Waals surface area contributed by atoms with Gasteiger partial charge in [-0.25, -0.2) is 9.50 Å². The maximum Gasteiger partial charge on any atom is 0.135 e. The number of halogens is 1. The normalized spacial score (nSPS) is 19.1. The molecule has 1 aliphatic heterocycles. The van der Waals surface area contributed by atoms with Crippen molar-refractivity contribution in [2.75, 3.05) is 19.7 Å². The van der Waals surface area contributed by atoms with Crippen LogP contribution in [0.15, 0.2) is 24.3 Å². The largest absolute Gasteiger partial charge is 0.484 e. The molecule has 0 spiro atoms. The van der Waals surface area contributed by atoms with Gasteiger partial charge in [-0.1, -0.05) is 19.9 Å². The van der Waals surface area contributed by atoms with Crippen molar-refractivity contribution in [3.63, 3.8) is 0 Å². The number of benzene rings is 1. The molecule has 1 unspecified atom stereocenters. The Labute approximate surface area is 113 Å². The third kappa shape index (κ3) is 2.96. The molecule has 0 aliphatic carbocycles. The lowest BCUT2D eigenvalue weighted by atomic mass is 10.0. The Morgan fingerprint density at radius 3 is 2.74 bits per heavy atom. The van der Waals surface area contributed by atoms with Crippen LogP contribution in [0.2, 0.25) is 0 Å². The summed E-state index contributed by atoms with van der Waals surface area (Å²) in [7, 11) is 0. The fraction of sp³-hybridized carbons (Fsp3) is 0.467. The highest BCUT2D eigenvalue weighted by Crippen LogP contribution is 2.28. The van der Waals surface area contributed by atoms with Crippen molar-refractivity contribution in [1.29, 1.82) is 0 Å². The summed E-state index contributed by atoms with van der Waals surface area (Å²) in [6.45, 7) is 5.47. The molecule has 1 aromatic rings. The molecule has 1 heterocycles. The average Bonchev–Trinajstić information content (AvgIpc) is 2.44.